The van der Waals surface area contributed by atoms with Crippen LogP contribution in [-0.4, -0.2) is 25.7 Å². The number of aromatic carboxylic acids is 1. The van der Waals surface area contributed by atoms with Crippen LogP contribution < -0.4 is 0 Å². The molecule has 6 heteroatoms. The van der Waals surface area contributed by atoms with Crippen LogP contribution in [0.15, 0.2) is 47.1 Å². The van der Waals surface area contributed by atoms with Gasteiger partial charge in [-0.1, -0.05) is 28.1 Å². The van der Waals surface area contributed by atoms with Crippen LogP contribution in [0, 0.1) is 0 Å². The third-order valence-corrected chi connectivity index (χ3v) is 3.24. The van der Waals surface area contributed by atoms with Gasteiger partial charge in [0.1, 0.15) is 5.69 Å². The number of halogens is 1. The van der Waals surface area contributed by atoms with E-state index in [1.54, 1.807) is 12.1 Å². The van der Waals surface area contributed by atoms with Crippen molar-refractivity contribution in [3.05, 3.63) is 52.8 Å². The Morgan fingerprint density at radius 2 is 1.95 bits per heavy atom. The zero-order valence-corrected chi connectivity index (χ0v) is 11.2. The number of hydrogen-bond acceptors (Lipinski definition) is 3. The maximum atomic E-state index is 11.4. The Morgan fingerprint density at radius 3 is 2.63 bits per heavy atom. The molecule has 0 radical (unpaired) electrons. The van der Waals surface area contributed by atoms with Gasteiger partial charge in [-0.3, -0.25) is 0 Å². The molecule has 0 aliphatic carbocycles. The lowest BCUT2D eigenvalue weighted by Crippen LogP contribution is -2.05. The Hall–Kier alpha value is -2.21. The van der Waals surface area contributed by atoms with Gasteiger partial charge in [-0.05, 0) is 24.3 Å². The van der Waals surface area contributed by atoms with Crippen LogP contribution in [0.3, 0.4) is 0 Å². The quantitative estimate of drug-likeness (QED) is 0.789. The van der Waals surface area contributed by atoms with Crippen molar-refractivity contribution in [3.63, 3.8) is 0 Å². The van der Waals surface area contributed by atoms with E-state index in [0.29, 0.717) is 11.3 Å². The summed E-state index contributed by atoms with van der Waals surface area (Å²) >= 11 is 3.35. The number of imidazole rings is 1. The zero-order valence-electron chi connectivity index (χ0n) is 9.62. The largest absolute Gasteiger partial charge is 0.476 e. The maximum absolute atomic E-state index is 11.4. The summed E-state index contributed by atoms with van der Waals surface area (Å²) in [4.78, 5) is 15.8. The fraction of sp³-hybridized carbons (Fsp3) is 0. The van der Waals surface area contributed by atoms with Crippen molar-refractivity contribution in [1.82, 2.24) is 14.6 Å². The number of benzene rings is 1. The first-order valence-electron chi connectivity index (χ1n) is 5.50. The molecule has 0 aliphatic rings. The molecule has 0 fully saturated rings. The second-order valence-electron chi connectivity index (χ2n) is 3.91. The Bertz CT molecular complexity index is 765. The zero-order chi connectivity index (χ0) is 13.4. The van der Waals surface area contributed by atoms with Gasteiger partial charge < -0.3 is 5.11 Å². The SMILES string of the molecule is O=C(O)c1c(-c2ccc(Br)cc2)nc2cccnn12. The van der Waals surface area contributed by atoms with E-state index in [-0.39, 0.29) is 5.69 Å². The van der Waals surface area contributed by atoms with E-state index in [0.717, 1.165) is 10.0 Å². The van der Waals surface area contributed by atoms with E-state index in [1.165, 1.54) is 10.7 Å². The van der Waals surface area contributed by atoms with Crippen molar-refractivity contribution < 1.29 is 9.90 Å². The van der Waals surface area contributed by atoms with E-state index >= 15 is 0 Å². The lowest BCUT2D eigenvalue weighted by molar-refractivity contribution is 0.0689. The molecule has 0 unspecified atom stereocenters. The first-order valence-corrected chi connectivity index (χ1v) is 6.29. The van der Waals surface area contributed by atoms with E-state index < -0.39 is 5.97 Å². The molecule has 5 nitrogen and oxygen atoms in total. The van der Waals surface area contributed by atoms with Crippen LogP contribution in [0.1, 0.15) is 10.5 Å². The minimum Gasteiger partial charge on any atom is -0.476 e. The third kappa shape index (κ3) is 2.00. The van der Waals surface area contributed by atoms with Gasteiger partial charge in [-0.2, -0.15) is 5.10 Å². The van der Waals surface area contributed by atoms with Crippen molar-refractivity contribution in [3.8, 4) is 11.3 Å². The highest BCUT2D eigenvalue weighted by molar-refractivity contribution is 9.10. The van der Waals surface area contributed by atoms with E-state index in [9.17, 15) is 9.90 Å². The molecular weight excluding hydrogens is 310 g/mol. The summed E-state index contributed by atoms with van der Waals surface area (Å²) in [5.74, 6) is -1.05. The molecule has 0 bridgehead atoms. The summed E-state index contributed by atoms with van der Waals surface area (Å²) in [6.07, 6.45) is 1.53. The standard InChI is InChI=1S/C13H8BrN3O2/c14-9-5-3-8(4-6-9)11-12(13(18)19)17-10(16-11)2-1-7-15-17/h1-7H,(H,18,19). The molecule has 2 heterocycles. The fourth-order valence-electron chi connectivity index (χ4n) is 1.89. The fourth-order valence-corrected chi connectivity index (χ4v) is 2.15. The molecule has 0 saturated carbocycles. The van der Waals surface area contributed by atoms with Gasteiger partial charge in [0.05, 0.1) is 0 Å². The average molecular weight is 318 g/mol. The lowest BCUT2D eigenvalue weighted by Gasteiger charge is -1.99. The predicted octanol–water partition coefficient (Wildman–Crippen LogP) is 2.86. The Labute approximate surface area is 116 Å². The molecule has 1 aromatic carbocycles. The first kappa shape index (κ1) is 11.9. The highest BCUT2D eigenvalue weighted by Gasteiger charge is 2.20. The van der Waals surface area contributed by atoms with Crippen LogP contribution in [0.25, 0.3) is 16.9 Å². The minimum absolute atomic E-state index is 0.0675. The smallest absolute Gasteiger partial charge is 0.356 e. The summed E-state index contributed by atoms with van der Waals surface area (Å²) < 4.78 is 2.26. The van der Waals surface area contributed by atoms with Gasteiger partial charge in [0.25, 0.3) is 0 Å². The molecule has 3 aromatic rings. The highest BCUT2D eigenvalue weighted by Crippen LogP contribution is 2.25. The van der Waals surface area contributed by atoms with Gasteiger partial charge in [0.2, 0.25) is 0 Å². The monoisotopic (exact) mass is 317 g/mol. The van der Waals surface area contributed by atoms with Crippen LogP contribution in [-0.2, 0) is 0 Å². The molecular formula is C13H8BrN3O2. The van der Waals surface area contributed by atoms with Gasteiger partial charge in [0, 0.05) is 16.2 Å². The molecule has 0 saturated heterocycles. The number of carboxylic acid groups (broad SMARTS) is 1. The summed E-state index contributed by atoms with van der Waals surface area (Å²) in [7, 11) is 0. The number of fused-ring (bicyclic) bond motifs is 1. The van der Waals surface area contributed by atoms with Gasteiger partial charge >= 0.3 is 5.97 Å². The van der Waals surface area contributed by atoms with Crippen molar-refractivity contribution in [2.24, 2.45) is 0 Å². The van der Waals surface area contributed by atoms with Crippen molar-refractivity contribution in [1.29, 1.82) is 0 Å². The van der Waals surface area contributed by atoms with Gasteiger partial charge in [-0.25, -0.2) is 14.3 Å². The average Bonchev–Trinajstić information content (AvgIpc) is 2.78. The molecule has 0 atom stereocenters. The number of aromatic nitrogens is 3. The van der Waals surface area contributed by atoms with Crippen LogP contribution >= 0.6 is 15.9 Å². The molecule has 94 valence electrons. The Kier molecular flexibility index (Phi) is 2.79. The molecule has 0 spiro atoms. The predicted molar refractivity (Wildman–Crippen MR) is 73.1 cm³/mol. The highest BCUT2D eigenvalue weighted by atomic mass is 79.9. The topological polar surface area (TPSA) is 67.5 Å². The van der Waals surface area contributed by atoms with Gasteiger partial charge in [-0.15, -0.1) is 0 Å². The number of carboxylic acids is 1. The first-order chi connectivity index (χ1) is 9.16. The number of rotatable bonds is 2. The normalized spacial score (nSPS) is 10.8. The third-order valence-electron chi connectivity index (χ3n) is 2.71. The molecule has 2 aromatic heterocycles. The summed E-state index contributed by atoms with van der Waals surface area (Å²) in [6.45, 7) is 0. The van der Waals surface area contributed by atoms with Crippen molar-refractivity contribution in [2.45, 2.75) is 0 Å². The van der Waals surface area contributed by atoms with E-state index in [1.807, 2.05) is 24.3 Å². The second-order valence-corrected chi connectivity index (χ2v) is 4.83. The molecule has 0 aliphatic heterocycles. The Balaban J connectivity index is 2.31. The van der Waals surface area contributed by atoms with Crippen molar-refractivity contribution in [2.75, 3.05) is 0 Å². The van der Waals surface area contributed by atoms with Crippen LogP contribution in [0.2, 0.25) is 0 Å². The number of carbonyl (C=O) groups is 1. The molecule has 1 N–H and O–H groups in total. The van der Waals surface area contributed by atoms with E-state index in [2.05, 4.69) is 26.0 Å². The lowest BCUT2D eigenvalue weighted by atomic mass is 10.1. The maximum Gasteiger partial charge on any atom is 0.356 e. The van der Waals surface area contributed by atoms with Gasteiger partial charge in [0.15, 0.2) is 11.3 Å². The molecule has 19 heavy (non-hydrogen) atoms. The van der Waals surface area contributed by atoms with Crippen LogP contribution in [0.5, 0.6) is 0 Å². The summed E-state index contributed by atoms with van der Waals surface area (Å²) in [5.41, 5.74) is 1.74. The Morgan fingerprint density at radius 1 is 1.21 bits per heavy atom. The second kappa shape index (κ2) is 4.47. The minimum atomic E-state index is -1.05. The summed E-state index contributed by atoms with van der Waals surface area (Å²) in [5, 5.41) is 13.4. The molecule has 0 amide bonds. The summed E-state index contributed by atoms with van der Waals surface area (Å²) in [6, 6.07) is 10.8. The van der Waals surface area contributed by atoms with E-state index in [4.69, 9.17) is 0 Å². The van der Waals surface area contributed by atoms with Crippen LogP contribution in [0.4, 0.5) is 0 Å². The number of nitrogens with zero attached hydrogens (tertiary/aromatic N) is 3. The number of hydrogen-bond donors (Lipinski definition) is 1. The molecule has 3 rings (SSSR count). The van der Waals surface area contributed by atoms with Crippen molar-refractivity contribution >= 4 is 27.5 Å².